The average molecular weight is 767 g/mol. The summed E-state index contributed by atoms with van der Waals surface area (Å²) in [5.74, 6) is -2.27. The molecule has 0 N–H and O–H groups in total. The van der Waals surface area contributed by atoms with Gasteiger partial charge in [0.2, 0.25) is 0 Å². The van der Waals surface area contributed by atoms with Gasteiger partial charge in [-0.3, -0.25) is 4.79 Å². The van der Waals surface area contributed by atoms with E-state index in [2.05, 4.69) is 139 Å². The molecule has 0 saturated carbocycles. The Kier molecular flexibility index (Phi) is 11.5. The number of rotatable bonds is 12. The minimum absolute atomic E-state index is 0.160. The Labute approximate surface area is 324 Å². The maximum absolute atomic E-state index is 14.9. The number of ketones is 1. The molecule has 0 spiro atoms. The van der Waals surface area contributed by atoms with Crippen LogP contribution in [0.15, 0.2) is 121 Å². The molecule has 4 aromatic carbocycles. The van der Waals surface area contributed by atoms with Crippen LogP contribution in [-0.2, 0) is 32.6 Å². The van der Waals surface area contributed by atoms with Crippen molar-refractivity contribution in [3.05, 3.63) is 121 Å². The summed E-state index contributed by atoms with van der Waals surface area (Å²) >= 11 is 0. The van der Waals surface area contributed by atoms with E-state index in [0.717, 1.165) is 20.7 Å². The molecule has 0 bridgehead atoms. The molecule has 2 heterocycles. The first-order valence-corrected chi connectivity index (χ1v) is 23.0. The summed E-state index contributed by atoms with van der Waals surface area (Å²) in [6.45, 7) is 21.1. The molecule has 0 amide bonds. The van der Waals surface area contributed by atoms with Crippen LogP contribution in [0.1, 0.15) is 69.2 Å². The molecule has 6 rings (SSSR count). The largest absolute Gasteiger partial charge is 0.405 e. The molecule has 0 radical (unpaired) electrons. The first-order chi connectivity index (χ1) is 25.4. The van der Waals surface area contributed by atoms with Gasteiger partial charge in [0.1, 0.15) is 12.2 Å². The molecular weight excluding hydrogens is 709 g/mol. The summed E-state index contributed by atoms with van der Waals surface area (Å²) in [5, 5.41) is 4.11. The predicted octanol–water partition coefficient (Wildman–Crippen LogP) is 6.75. The lowest BCUT2D eigenvalue weighted by molar-refractivity contribution is -0.168. The van der Waals surface area contributed by atoms with Crippen molar-refractivity contribution in [2.24, 2.45) is 0 Å². The van der Waals surface area contributed by atoms with Crippen molar-refractivity contribution in [3.8, 4) is 0 Å². The summed E-state index contributed by atoms with van der Waals surface area (Å²) in [6, 6.07) is 41.9. The van der Waals surface area contributed by atoms with Crippen LogP contribution in [0.3, 0.4) is 0 Å². The van der Waals surface area contributed by atoms with Gasteiger partial charge in [0.25, 0.3) is 16.6 Å². The quantitative estimate of drug-likeness (QED) is 0.148. The maximum Gasteiger partial charge on any atom is 0.261 e. The molecule has 0 aliphatic carbocycles. The fourth-order valence-electron chi connectivity index (χ4n) is 8.50. The second kappa shape index (κ2) is 15.4. The SMILES string of the molecule is CC1(C)O[C@H](CO[Si](c2ccccc2)(c2ccccc2)C(C)(C)C)[C@H](C(=O)[C@@H]2OC(C)(C)O[C@@H]2CO[Si](c2ccccc2)(c2ccccc2)C(C)(C)C)O1. The Hall–Kier alpha value is -3.26. The van der Waals surface area contributed by atoms with Gasteiger partial charge in [0, 0.05) is 0 Å². The normalized spacial score (nSPS) is 23.0. The van der Waals surface area contributed by atoms with Gasteiger partial charge in [0.05, 0.1) is 13.2 Å². The van der Waals surface area contributed by atoms with Gasteiger partial charge in [-0.25, -0.2) is 0 Å². The molecule has 0 unspecified atom stereocenters. The van der Waals surface area contributed by atoms with Crippen molar-refractivity contribution < 1.29 is 32.6 Å². The molecule has 7 nitrogen and oxygen atoms in total. The van der Waals surface area contributed by atoms with Crippen LogP contribution < -0.4 is 20.7 Å². The highest BCUT2D eigenvalue weighted by molar-refractivity contribution is 7.00. The van der Waals surface area contributed by atoms with Crippen molar-refractivity contribution in [2.45, 2.75) is 115 Å². The monoisotopic (exact) mass is 766 g/mol. The Morgan fingerprint density at radius 3 is 1.00 bits per heavy atom. The molecule has 4 aromatic rings. The first kappa shape index (κ1) is 40.4. The van der Waals surface area contributed by atoms with Gasteiger partial charge in [-0.15, -0.1) is 0 Å². The smallest absolute Gasteiger partial charge is 0.261 e. The van der Waals surface area contributed by atoms with E-state index in [1.165, 1.54) is 0 Å². The van der Waals surface area contributed by atoms with Gasteiger partial charge in [-0.2, -0.15) is 0 Å². The molecule has 54 heavy (non-hydrogen) atoms. The van der Waals surface area contributed by atoms with Crippen LogP contribution in [0.4, 0.5) is 0 Å². The number of ether oxygens (including phenoxy) is 4. The Morgan fingerprint density at radius 2 is 0.759 bits per heavy atom. The Balaban J connectivity index is 1.32. The lowest BCUT2D eigenvalue weighted by Crippen LogP contribution is -2.67. The number of hydrogen-bond acceptors (Lipinski definition) is 7. The zero-order valence-electron chi connectivity index (χ0n) is 33.6. The maximum atomic E-state index is 14.9. The third kappa shape index (κ3) is 7.88. The highest BCUT2D eigenvalue weighted by atomic mass is 28.4. The van der Waals surface area contributed by atoms with E-state index < -0.39 is 52.6 Å². The topological polar surface area (TPSA) is 72.5 Å². The second-order valence-corrected chi connectivity index (χ2v) is 26.2. The van der Waals surface area contributed by atoms with Crippen molar-refractivity contribution >= 4 is 43.2 Å². The van der Waals surface area contributed by atoms with Gasteiger partial charge in [-0.05, 0) is 58.5 Å². The lowest BCUT2D eigenvalue weighted by Gasteiger charge is -2.43. The van der Waals surface area contributed by atoms with E-state index >= 15 is 0 Å². The van der Waals surface area contributed by atoms with E-state index in [1.54, 1.807) is 0 Å². The standard InChI is InChI=1S/C45H58O7Si2/c1-42(2,3)53(33-23-15-11-16-24-33,34-25-17-12-18-26-34)47-31-37-40(51-44(7,8)49-37)39(46)41-38(50-45(9,10)52-41)32-48-54(43(4,5)6,35-27-19-13-20-28-35)36-29-21-14-22-30-36/h11-30,37-38,40-41H,31-32H2,1-10H3/t37-,38-,40-,41-/m1/s1. The van der Waals surface area contributed by atoms with Crippen molar-refractivity contribution in [1.29, 1.82) is 0 Å². The van der Waals surface area contributed by atoms with E-state index in [-0.39, 0.29) is 29.1 Å². The minimum Gasteiger partial charge on any atom is -0.405 e. The van der Waals surface area contributed by atoms with Crippen LogP contribution >= 0.6 is 0 Å². The van der Waals surface area contributed by atoms with Crippen molar-refractivity contribution in [3.63, 3.8) is 0 Å². The molecule has 0 aromatic heterocycles. The average Bonchev–Trinajstić information content (AvgIpc) is 3.62. The highest BCUT2D eigenvalue weighted by Gasteiger charge is 2.57. The molecule has 2 fully saturated rings. The summed E-state index contributed by atoms with van der Waals surface area (Å²) in [6.07, 6.45) is -3.26. The van der Waals surface area contributed by atoms with E-state index in [4.69, 9.17) is 27.8 Å². The molecule has 288 valence electrons. The lowest BCUT2D eigenvalue weighted by atomic mass is 10.0. The van der Waals surface area contributed by atoms with Crippen molar-refractivity contribution in [1.82, 2.24) is 0 Å². The van der Waals surface area contributed by atoms with Gasteiger partial charge < -0.3 is 27.8 Å². The second-order valence-electron chi connectivity index (χ2n) is 17.5. The van der Waals surface area contributed by atoms with Crippen LogP contribution in [0, 0.1) is 0 Å². The van der Waals surface area contributed by atoms with Crippen LogP contribution in [0.2, 0.25) is 10.1 Å². The summed E-state index contributed by atoms with van der Waals surface area (Å²) < 4.78 is 40.5. The molecular formula is C45H58O7Si2. The van der Waals surface area contributed by atoms with Crippen molar-refractivity contribution in [2.75, 3.05) is 13.2 Å². The Morgan fingerprint density at radius 1 is 0.500 bits per heavy atom. The molecule has 2 saturated heterocycles. The number of benzene rings is 4. The molecule has 9 heteroatoms. The Bertz CT molecular complexity index is 1620. The molecule has 4 atom stereocenters. The fraction of sp³-hybridized carbons (Fsp3) is 0.444. The molecule has 2 aliphatic heterocycles. The van der Waals surface area contributed by atoms with Crippen LogP contribution in [0.5, 0.6) is 0 Å². The third-order valence-electron chi connectivity index (χ3n) is 10.7. The first-order valence-electron chi connectivity index (χ1n) is 19.2. The van der Waals surface area contributed by atoms with Gasteiger partial charge >= 0.3 is 0 Å². The zero-order chi connectivity index (χ0) is 39.0. The van der Waals surface area contributed by atoms with Crippen LogP contribution in [-0.4, -0.2) is 71.6 Å². The van der Waals surface area contributed by atoms with Gasteiger partial charge in [0.15, 0.2) is 29.6 Å². The number of hydrogen-bond donors (Lipinski definition) is 0. The predicted molar refractivity (Wildman–Crippen MR) is 220 cm³/mol. The number of Topliss-reactive ketones (excluding diaryl/α,β-unsaturated/α-hetero) is 1. The highest BCUT2D eigenvalue weighted by Crippen LogP contribution is 2.41. The fourth-order valence-corrected chi connectivity index (χ4v) is 17.6. The van der Waals surface area contributed by atoms with E-state index in [1.807, 2.05) is 52.0 Å². The third-order valence-corrected chi connectivity index (χ3v) is 20.7. The van der Waals surface area contributed by atoms with Crippen LogP contribution in [0.25, 0.3) is 0 Å². The number of carbonyl (C=O) groups excluding carboxylic acids is 1. The summed E-state index contributed by atoms with van der Waals surface area (Å²) in [5.41, 5.74) is 0. The zero-order valence-corrected chi connectivity index (χ0v) is 35.6. The van der Waals surface area contributed by atoms with Gasteiger partial charge in [-0.1, -0.05) is 163 Å². The summed E-state index contributed by atoms with van der Waals surface area (Å²) in [7, 11) is -5.86. The summed E-state index contributed by atoms with van der Waals surface area (Å²) in [4.78, 5) is 14.9. The minimum atomic E-state index is -2.93. The van der Waals surface area contributed by atoms with E-state index in [0.29, 0.717) is 0 Å². The number of carbonyl (C=O) groups is 1. The van der Waals surface area contributed by atoms with E-state index in [9.17, 15) is 4.79 Å². The molecule has 2 aliphatic rings.